The molecule has 37 heavy (non-hydrogen) atoms. The summed E-state index contributed by atoms with van der Waals surface area (Å²) in [5.41, 5.74) is 0.236. The molecule has 0 spiro atoms. The second kappa shape index (κ2) is 10.7. The molecule has 0 radical (unpaired) electrons. The van der Waals surface area contributed by atoms with Crippen molar-refractivity contribution in [1.29, 1.82) is 0 Å². The Morgan fingerprint density at radius 2 is 1.92 bits per heavy atom. The molecular formula is C25H22F5N3O4. The first-order chi connectivity index (χ1) is 17.6. The molecule has 2 atom stereocenters. The summed E-state index contributed by atoms with van der Waals surface area (Å²) in [7, 11) is 1.20. The zero-order valence-corrected chi connectivity index (χ0v) is 19.4. The number of carbonyl (C=O) groups is 1. The summed E-state index contributed by atoms with van der Waals surface area (Å²) < 4.78 is 80.3. The van der Waals surface area contributed by atoms with Gasteiger partial charge in [0.2, 0.25) is 0 Å². The van der Waals surface area contributed by atoms with Gasteiger partial charge in [-0.2, -0.15) is 13.2 Å². The first-order valence-corrected chi connectivity index (χ1v) is 11.1. The standard InChI is InChI=1S/C25H22F5N3O4/c1-36-21-8-14(4-7-18(21)27)24(35)31-10-17(25(28,29)30)19-9-16-20(32-12-34)11-37-23(16)22(33-19)13-2-5-15(26)6-3-13/h2-9,17,20,32,34H,10-12H2,1H3,(H,31,35). The van der Waals surface area contributed by atoms with Crippen LogP contribution in [0, 0.1) is 11.6 Å². The van der Waals surface area contributed by atoms with E-state index in [1.807, 2.05) is 0 Å². The van der Waals surface area contributed by atoms with Gasteiger partial charge in [-0.25, -0.2) is 13.8 Å². The molecule has 2 unspecified atom stereocenters. The number of ether oxygens (including phenoxy) is 2. The number of amides is 1. The molecule has 0 saturated carbocycles. The van der Waals surface area contributed by atoms with Crippen molar-refractivity contribution in [2.24, 2.45) is 0 Å². The highest BCUT2D eigenvalue weighted by atomic mass is 19.4. The van der Waals surface area contributed by atoms with Crippen LogP contribution in [0.15, 0.2) is 48.5 Å². The number of carbonyl (C=O) groups excluding carboxylic acids is 1. The first kappa shape index (κ1) is 26.3. The number of methoxy groups -OCH3 is 1. The fourth-order valence-electron chi connectivity index (χ4n) is 3.99. The van der Waals surface area contributed by atoms with Crippen molar-refractivity contribution < 1.29 is 41.3 Å². The van der Waals surface area contributed by atoms with Crippen molar-refractivity contribution in [3.8, 4) is 22.8 Å². The number of benzene rings is 2. The van der Waals surface area contributed by atoms with Crippen molar-refractivity contribution in [1.82, 2.24) is 15.6 Å². The number of pyridine rings is 1. The van der Waals surface area contributed by atoms with Crippen LogP contribution in [0.3, 0.4) is 0 Å². The van der Waals surface area contributed by atoms with Gasteiger partial charge in [-0.05, 0) is 48.5 Å². The molecule has 7 nitrogen and oxygen atoms in total. The molecule has 3 aromatic rings. The Bertz CT molecular complexity index is 1280. The van der Waals surface area contributed by atoms with E-state index < -0.39 is 54.6 Å². The maximum atomic E-state index is 14.2. The van der Waals surface area contributed by atoms with E-state index in [0.717, 1.165) is 30.3 Å². The minimum Gasteiger partial charge on any atom is -0.494 e. The van der Waals surface area contributed by atoms with E-state index in [-0.39, 0.29) is 29.4 Å². The van der Waals surface area contributed by atoms with Crippen LogP contribution >= 0.6 is 0 Å². The number of fused-ring (bicyclic) bond motifs is 1. The molecule has 1 aliphatic rings. The summed E-state index contributed by atoms with van der Waals surface area (Å²) in [5.74, 6) is -4.37. The van der Waals surface area contributed by atoms with Crippen LogP contribution in [-0.2, 0) is 0 Å². The number of hydrogen-bond donors (Lipinski definition) is 3. The second-order valence-electron chi connectivity index (χ2n) is 8.20. The molecule has 1 amide bonds. The number of aliphatic hydroxyl groups is 1. The average Bonchev–Trinajstić information content (AvgIpc) is 3.26. The van der Waals surface area contributed by atoms with Crippen molar-refractivity contribution in [2.45, 2.75) is 18.1 Å². The summed E-state index contributed by atoms with van der Waals surface area (Å²) in [4.78, 5) is 16.8. The Hall–Kier alpha value is -3.77. The molecule has 2 aromatic carbocycles. The van der Waals surface area contributed by atoms with E-state index in [4.69, 9.17) is 9.47 Å². The lowest BCUT2D eigenvalue weighted by atomic mass is 9.97. The van der Waals surface area contributed by atoms with E-state index >= 15 is 0 Å². The highest BCUT2D eigenvalue weighted by Gasteiger charge is 2.43. The lowest BCUT2D eigenvalue weighted by Crippen LogP contribution is -2.35. The molecule has 0 saturated heterocycles. The fourth-order valence-corrected chi connectivity index (χ4v) is 3.99. The SMILES string of the molecule is COc1cc(C(=O)NCC(c2cc3c(c(-c4ccc(F)cc4)n2)OCC3NCO)C(F)(F)F)ccc1F. The minimum atomic E-state index is -4.81. The Kier molecular flexibility index (Phi) is 7.60. The van der Waals surface area contributed by atoms with Crippen LogP contribution in [0.5, 0.6) is 11.5 Å². The zero-order chi connectivity index (χ0) is 26.7. The average molecular weight is 523 g/mol. The molecule has 1 aliphatic heterocycles. The van der Waals surface area contributed by atoms with Crippen LogP contribution in [0.4, 0.5) is 22.0 Å². The van der Waals surface area contributed by atoms with Crippen molar-refractivity contribution in [2.75, 3.05) is 27.0 Å². The number of nitrogens with zero attached hydrogens (tertiary/aromatic N) is 1. The minimum absolute atomic E-state index is 0.0367. The lowest BCUT2D eigenvalue weighted by Gasteiger charge is -2.22. The quantitative estimate of drug-likeness (QED) is 0.305. The van der Waals surface area contributed by atoms with Crippen LogP contribution < -0.4 is 20.1 Å². The van der Waals surface area contributed by atoms with Crippen LogP contribution in [0.1, 0.15) is 33.6 Å². The van der Waals surface area contributed by atoms with Gasteiger partial charge >= 0.3 is 6.18 Å². The molecule has 12 heteroatoms. The summed E-state index contributed by atoms with van der Waals surface area (Å²) >= 11 is 0. The van der Waals surface area contributed by atoms with Gasteiger partial charge in [0, 0.05) is 23.2 Å². The first-order valence-electron chi connectivity index (χ1n) is 11.1. The molecule has 4 rings (SSSR count). The van der Waals surface area contributed by atoms with Crippen LogP contribution in [0.2, 0.25) is 0 Å². The van der Waals surface area contributed by atoms with Gasteiger partial charge in [-0.3, -0.25) is 10.1 Å². The maximum absolute atomic E-state index is 14.2. The number of aromatic nitrogens is 1. The third kappa shape index (κ3) is 5.65. The van der Waals surface area contributed by atoms with Gasteiger partial charge in [-0.15, -0.1) is 0 Å². The molecule has 196 valence electrons. The molecule has 0 aliphatic carbocycles. The number of hydrogen-bond acceptors (Lipinski definition) is 6. The molecule has 3 N–H and O–H groups in total. The van der Waals surface area contributed by atoms with Gasteiger partial charge < -0.3 is 19.9 Å². The smallest absolute Gasteiger partial charge is 0.398 e. The molecular weight excluding hydrogens is 501 g/mol. The molecule has 2 heterocycles. The van der Waals surface area contributed by atoms with Gasteiger partial charge in [0.25, 0.3) is 5.91 Å². The summed E-state index contributed by atoms with van der Waals surface area (Å²) in [5, 5.41) is 14.3. The summed E-state index contributed by atoms with van der Waals surface area (Å²) in [6.45, 7) is -1.28. The third-order valence-electron chi connectivity index (χ3n) is 5.88. The van der Waals surface area contributed by atoms with Crippen molar-refractivity contribution >= 4 is 5.91 Å². The maximum Gasteiger partial charge on any atom is 0.398 e. The van der Waals surface area contributed by atoms with Gasteiger partial charge in [0.1, 0.15) is 24.0 Å². The number of alkyl halides is 3. The van der Waals surface area contributed by atoms with Gasteiger partial charge in [0.15, 0.2) is 17.3 Å². The van der Waals surface area contributed by atoms with Crippen molar-refractivity contribution in [3.63, 3.8) is 0 Å². The zero-order valence-electron chi connectivity index (χ0n) is 19.4. The highest BCUT2D eigenvalue weighted by molar-refractivity contribution is 5.94. The van der Waals surface area contributed by atoms with E-state index in [1.165, 1.54) is 25.3 Å². The van der Waals surface area contributed by atoms with Gasteiger partial charge in [0.05, 0.1) is 25.6 Å². The summed E-state index contributed by atoms with van der Waals surface area (Å²) in [6.07, 6.45) is -4.81. The Morgan fingerprint density at radius 1 is 1.19 bits per heavy atom. The Morgan fingerprint density at radius 3 is 2.57 bits per heavy atom. The van der Waals surface area contributed by atoms with Crippen LogP contribution in [0.25, 0.3) is 11.3 Å². The number of halogens is 5. The van der Waals surface area contributed by atoms with E-state index in [1.54, 1.807) is 0 Å². The number of aliphatic hydroxyl groups excluding tert-OH is 1. The van der Waals surface area contributed by atoms with E-state index in [9.17, 15) is 31.9 Å². The number of nitrogens with one attached hydrogen (secondary N) is 2. The fraction of sp³-hybridized carbons (Fsp3) is 0.280. The molecule has 0 bridgehead atoms. The van der Waals surface area contributed by atoms with E-state index in [2.05, 4.69) is 15.6 Å². The molecule has 0 fully saturated rings. The van der Waals surface area contributed by atoms with Crippen molar-refractivity contribution in [3.05, 3.63) is 77.0 Å². The second-order valence-corrected chi connectivity index (χ2v) is 8.20. The van der Waals surface area contributed by atoms with E-state index in [0.29, 0.717) is 11.1 Å². The monoisotopic (exact) mass is 523 g/mol. The summed E-state index contributed by atoms with van der Waals surface area (Å²) in [6, 6.07) is 8.80. The highest BCUT2D eigenvalue weighted by Crippen LogP contribution is 2.43. The largest absolute Gasteiger partial charge is 0.494 e. The van der Waals surface area contributed by atoms with Gasteiger partial charge in [-0.1, -0.05) is 0 Å². The number of rotatable bonds is 8. The normalized spacial score (nSPS) is 15.6. The predicted octanol–water partition coefficient (Wildman–Crippen LogP) is 4.08. The topological polar surface area (TPSA) is 92.7 Å². The third-order valence-corrected chi connectivity index (χ3v) is 5.88. The predicted molar refractivity (Wildman–Crippen MR) is 122 cm³/mol. The molecule has 1 aromatic heterocycles. The Balaban J connectivity index is 1.71. The lowest BCUT2D eigenvalue weighted by molar-refractivity contribution is -0.149. The van der Waals surface area contributed by atoms with Crippen LogP contribution in [-0.4, -0.2) is 49.2 Å². The Labute approximate surface area is 208 Å².